The summed E-state index contributed by atoms with van der Waals surface area (Å²) in [5.41, 5.74) is 4.59. The highest BCUT2D eigenvalue weighted by Gasteiger charge is 2.34. The average Bonchev–Trinajstić information content (AvgIpc) is 3.24. The molecule has 0 bridgehead atoms. The summed E-state index contributed by atoms with van der Waals surface area (Å²) in [6.07, 6.45) is 4.70. The van der Waals surface area contributed by atoms with Gasteiger partial charge in [0, 0.05) is 29.2 Å². The van der Waals surface area contributed by atoms with Gasteiger partial charge in [0.25, 0.3) is 0 Å². The Kier molecular flexibility index (Phi) is 6.72. The molecule has 1 unspecified atom stereocenters. The second-order valence-electron chi connectivity index (χ2n) is 9.91. The molecule has 1 atom stereocenters. The topological polar surface area (TPSA) is 100 Å². The third-order valence-corrected chi connectivity index (χ3v) is 6.41. The zero-order valence-corrected chi connectivity index (χ0v) is 21.4. The normalized spacial score (nSPS) is 14.3. The van der Waals surface area contributed by atoms with E-state index in [2.05, 4.69) is 6.58 Å². The van der Waals surface area contributed by atoms with E-state index in [1.54, 1.807) is 0 Å². The first-order chi connectivity index (χ1) is 17.0. The molecule has 1 aliphatic heterocycles. The number of hydrogen-bond donors (Lipinski definition) is 3. The highest BCUT2D eigenvalue weighted by Crippen LogP contribution is 2.47. The van der Waals surface area contributed by atoms with Gasteiger partial charge in [-0.25, -0.2) is 0 Å². The molecular weight excluding hydrogens is 456 g/mol. The summed E-state index contributed by atoms with van der Waals surface area (Å²) in [7, 11) is 0. The number of benzene rings is 2. The Labute approximate surface area is 210 Å². The van der Waals surface area contributed by atoms with Crippen LogP contribution >= 0.6 is 0 Å². The summed E-state index contributed by atoms with van der Waals surface area (Å²) in [5, 5.41) is 31.9. The molecule has 0 saturated heterocycles. The van der Waals surface area contributed by atoms with E-state index >= 15 is 0 Å². The quantitative estimate of drug-likeness (QED) is 0.344. The van der Waals surface area contributed by atoms with Crippen LogP contribution in [0.2, 0.25) is 0 Å². The van der Waals surface area contributed by atoms with Gasteiger partial charge in [-0.3, -0.25) is 4.79 Å². The molecule has 1 aliphatic rings. The molecule has 36 heavy (non-hydrogen) atoms. The van der Waals surface area contributed by atoms with Gasteiger partial charge in [-0.05, 0) is 65.2 Å². The monoisotopic (exact) mass is 488 g/mol. The van der Waals surface area contributed by atoms with E-state index in [1.807, 2.05) is 46.8 Å². The van der Waals surface area contributed by atoms with Crippen molar-refractivity contribution >= 4 is 11.0 Å². The van der Waals surface area contributed by atoms with Gasteiger partial charge in [0.2, 0.25) is 5.43 Å². The third kappa shape index (κ3) is 4.51. The van der Waals surface area contributed by atoms with Crippen LogP contribution in [0.1, 0.15) is 51.3 Å². The lowest BCUT2D eigenvalue weighted by Crippen LogP contribution is -2.13. The molecule has 3 N–H and O–H groups in total. The highest BCUT2D eigenvalue weighted by atomic mass is 16.5. The molecule has 2 heterocycles. The van der Waals surface area contributed by atoms with Gasteiger partial charge in [0.1, 0.15) is 45.8 Å². The van der Waals surface area contributed by atoms with E-state index in [-0.39, 0.29) is 57.5 Å². The Bertz CT molecular complexity index is 1490. The summed E-state index contributed by atoms with van der Waals surface area (Å²) in [5.74, 6) is 0.231. The van der Waals surface area contributed by atoms with E-state index < -0.39 is 0 Å². The lowest BCUT2D eigenvalue weighted by atomic mass is 9.94. The van der Waals surface area contributed by atoms with Crippen LogP contribution in [-0.2, 0) is 19.3 Å². The molecule has 3 aromatic rings. The summed E-state index contributed by atoms with van der Waals surface area (Å²) in [4.78, 5) is 14.0. The van der Waals surface area contributed by atoms with E-state index in [9.17, 15) is 20.1 Å². The van der Waals surface area contributed by atoms with Crippen molar-refractivity contribution in [2.24, 2.45) is 0 Å². The van der Waals surface area contributed by atoms with Crippen LogP contribution in [0, 0.1) is 0 Å². The summed E-state index contributed by atoms with van der Waals surface area (Å²) >= 11 is 0. The van der Waals surface area contributed by atoms with Gasteiger partial charge in [-0.1, -0.05) is 29.9 Å². The number of phenols is 3. The average molecular weight is 489 g/mol. The minimum absolute atomic E-state index is 0.107. The summed E-state index contributed by atoms with van der Waals surface area (Å²) in [6, 6.07) is 4.14. The smallest absolute Gasteiger partial charge is 0.200 e. The van der Waals surface area contributed by atoms with E-state index in [1.165, 1.54) is 18.2 Å². The molecule has 4 rings (SSSR count). The number of hydrogen-bond acceptors (Lipinski definition) is 6. The molecule has 0 aliphatic carbocycles. The molecule has 6 nitrogen and oxygen atoms in total. The number of ether oxygens (including phenoxy) is 1. The molecule has 1 aromatic heterocycles. The van der Waals surface area contributed by atoms with Crippen molar-refractivity contribution in [3.63, 3.8) is 0 Å². The van der Waals surface area contributed by atoms with Crippen molar-refractivity contribution in [2.75, 3.05) is 0 Å². The van der Waals surface area contributed by atoms with Crippen LogP contribution in [-0.4, -0.2) is 21.4 Å². The number of phenolic OH excluding ortho intramolecular Hbond substituents is 3. The second-order valence-corrected chi connectivity index (χ2v) is 9.91. The zero-order chi connectivity index (χ0) is 26.3. The number of rotatable bonds is 6. The summed E-state index contributed by atoms with van der Waals surface area (Å²) in [6.45, 7) is 13.7. The minimum atomic E-state index is -0.367. The van der Waals surface area contributed by atoms with Gasteiger partial charge in [-0.15, -0.1) is 0 Å². The Morgan fingerprint density at radius 2 is 1.67 bits per heavy atom. The van der Waals surface area contributed by atoms with Crippen LogP contribution in [0.3, 0.4) is 0 Å². The van der Waals surface area contributed by atoms with Crippen molar-refractivity contribution < 1.29 is 24.5 Å². The predicted molar refractivity (Wildman–Crippen MR) is 142 cm³/mol. The van der Waals surface area contributed by atoms with Crippen molar-refractivity contribution in [1.29, 1.82) is 0 Å². The van der Waals surface area contributed by atoms with Crippen LogP contribution in [0.4, 0.5) is 0 Å². The molecule has 2 aromatic carbocycles. The fourth-order valence-corrected chi connectivity index (χ4v) is 4.43. The lowest BCUT2D eigenvalue weighted by molar-refractivity contribution is 0.269. The minimum Gasteiger partial charge on any atom is -0.508 e. The molecule has 0 spiro atoms. The lowest BCUT2D eigenvalue weighted by Gasteiger charge is -2.17. The first kappa shape index (κ1) is 25.2. The maximum atomic E-state index is 14.0. The number of allylic oxidation sites excluding steroid dienone is 4. The zero-order valence-electron chi connectivity index (χ0n) is 21.4. The van der Waals surface area contributed by atoms with Gasteiger partial charge < -0.3 is 24.5 Å². The number of aromatic hydroxyl groups is 3. The predicted octanol–water partition coefficient (Wildman–Crippen LogP) is 6.47. The first-order valence-electron chi connectivity index (χ1n) is 12.0. The van der Waals surface area contributed by atoms with E-state index in [0.717, 1.165) is 16.7 Å². The van der Waals surface area contributed by atoms with Gasteiger partial charge in [0.05, 0.1) is 5.56 Å². The largest absolute Gasteiger partial charge is 0.508 e. The van der Waals surface area contributed by atoms with E-state index in [0.29, 0.717) is 35.3 Å². The fraction of sp³-hybridized carbons (Fsp3) is 0.300. The molecule has 0 saturated carbocycles. The third-order valence-electron chi connectivity index (χ3n) is 6.41. The molecule has 188 valence electrons. The van der Waals surface area contributed by atoms with Gasteiger partial charge in [0.15, 0.2) is 0 Å². The van der Waals surface area contributed by atoms with E-state index in [4.69, 9.17) is 9.15 Å². The Balaban J connectivity index is 2.14. The maximum Gasteiger partial charge on any atom is 0.200 e. The second kappa shape index (κ2) is 9.61. The first-order valence-corrected chi connectivity index (χ1v) is 12.0. The van der Waals surface area contributed by atoms with Crippen LogP contribution in [0.15, 0.2) is 62.9 Å². The van der Waals surface area contributed by atoms with Crippen molar-refractivity contribution in [2.45, 2.75) is 60.0 Å². The SMILES string of the molecule is C=C(C)C1Cc2c(c(CC=C(C)C)c3oc(-c4ccc(O)cc4O)c(CC=C(C)C)c(=O)c3c2O)O1. The Morgan fingerprint density at radius 1 is 1.03 bits per heavy atom. The van der Waals surface area contributed by atoms with Crippen LogP contribution < -0.4 is 10.2 Å². The maximum absolute atomic E-state index is 14.0. The molecule has 0 radical (unpaired) electrons. The Hall–Kier alpha value is -3.93. The van der Waals surface area contributed by atoms with Gasteiger partial charge >= 0.3 is 0 Å². The standard InChI is InChI=1S/C30H32O6/c1-15(2)7-10-20-26(33)25-27(34)22-14-24(17(5)6)35-29(22)21(11-8-16(3)4)30(25)36-28(20)19-12-9-18(31)13-23(19)32/h7-9,12-13,24,31-32,34H,5,10-11,14H2,1-4,6H3. The fourth-order valence-electron chi connectivity index (χ4n) is 4.43. The van der Waals surface area contributed by atoms with Crippen molar-refractivity contribution in [3.8, 4) is 34.3 Å². The van der Waals surface area contributed by atoms with Crippen LogP contribution in [0.25, 0.3) is 22.3 Å². The Morgan fingerprint density at radius 3 is 2.25 bits per heavy atom. The van der Waals surface area contributed by atoms with Crippen molar-refractivity contribution in [3.05, 3.63) is 80.6 Å². The number of fused-ring (bicyclic) bond motifs is 2. The molecule has 0 fully saturated rings. The van der Waals surface area contributed by atoms with Crippen molar-refractivity contribution in [1.82, 2.24) is 0 Å². The highest BCUT2D eigenvalue weighted by molar-refractivity contribution is 5.93. The molecule has 0 amide bonds. The molecular formula is C30H32O6. The van der Waals surface area contributed by atoms with Crippen LogP contribution in [0.5, 0.6) is 23.0 Å². The molecule has 6 heteroatoms. The summed E-state index contributed by atoms with van der Waals surface area (Å²) < 4.78 is 12.6. The van der Waals surface area contributed by atoms with Gasteiger partial charge in [-0.2, -0.15) is 0 Å².